The quantitative estimate of drug-likeness (QED) is 0.577. The van der Waals surface area contributed by atoms with Crippen molar-refractivity contribution in [2.75, 3.05) is 0 Å². The molecule has 3 heteroatoms. The Kier molecular flexibility index (Phi) is 3.58. The van der Waals surface area contributed by atoms with Crippen molar-refractivity contribution in [1.82, 2.24) is 0 Å². The van der Waals surface area contributed by atoms with E-state index in [1.165, 1.54) is 0 Å². The van der Waals surface area contributed by atoms with Gasteiger partial charge in [0, 0.05) is 0 Å². The van der Waals surface area contributed by atoms with Gasteiger partial charge in [-0.15, -0.1) is 0 Å². The van der Waals surface area contributed by atoms with Crippen LogP contribution in [0.25, 0.3) is 0 Å². The number of carbonyl (C=O) groups is 1. The van der Waals surface area contributed by atoms with Gasteiger partial charge in [-0.1, -0.05) is 25.2 Å². The zero-order valence-electron chi connectivity index (χ0n) is 10.2. The van der Waals surface area contributed by atoms with E-state index < -0.39 is 12.1 Å². The fourth-order valence-electron chi connectivity index (χ4n) is 1.85. The van der Waals surface area contributed by atoms with Crippen molar-refractivity contribution in [2.24, 2.45) is 5.92 Å². The molecule has 0 bridgehead atoms. The van der Waals surface area contributed by atoms with Gasteiger partial charge in [0.15, 0.2) is 0 Å². The number of aliphatic hydroxyl groups excluding tert-OH is 1. The van der Waals surface area contributed by atoms with Crippen molar-refractivity contribution in [2.45, 2.75) is 33.8 Å². The SMILES string of the molecule is C=C(C)/C=C(\C)[C@H]1OC(=O)C(C)=C(O)[C@@H]1C. The predicted octanol–water partition coefficient (Wildman–Crippen LogP) is 2.90. The minimum atomic E-state index is -0.449. The first-order valence-corrected chi connectivity index (χ1v) is 5.29. The summed E-state index contributed by atoms with van der Waals surface area (Å²) in [5, 5.41) is 9.80. The Balaban J connectivity index is 3.03. The van der Waals surface area contributed by atoms with E-state index in [1.807, 2.05) is 26.8 Å². The number of allylic oxidation sites excluding steroid dienone is 2. The van der Waals surface area contributed by atoms with Crippen LogP contribution in [0, 0.1) is 5.92 Å². The van der Waals surface area contributed by atoms with Gasteiger partial charge >= 0.3 is 5.97 Å². The third kappa shape index (κ3) is 2.35. The lowest BCUT2D eigenvalue weighted by molar-refractivity contribution is -0.147. The van der Waals surface area contributed by atoms with Crippen LogP contribution in [-0.2, 0) is 9.53 Å². The lowest BCUT2D eigenvalue weighted by atomic mass is 9.91. The highest BCUT2D eigenvalue weighted by Crippen LogP contribution is 2.29. The van der Waals surface area contributed by atoms with E-state index in [0.717, 1.165) is 11.1 Å². The van der Waals surface area contributed by atoms with Crippen LogP contribution in [0.15, 0.2) is 35.1 Å². The second-order valence-electron chi connectivity index (χ2n) is 4.36. The van der Waals surface area contributed by atoms with E-state index in [1.54, 1.807) is 6.92 Å². The van der Waals surface area contributed by atoms with Gasteiger partial charge in [-0.25, -0.2) is 4.79 Å². The van der Waals surface area contributed by atoms with Crippen LogP contribution < -0.4 is 0 Å². The molecule has 0 aromatic heterocycles. The molecule has 0 radical (unpaired) electrons. The van der Waals surface area contributed by atoms with Crippen LogP contribution in [0.3, 0.4) is 0 Å². The van der Waals surface area contributed by atoms with Gasteiger partial charge in [-0.2, -0.15) is 0 Å². The second kappa shape index (κ2) is 4.56. The normalized spacial score (nSPS) is 26.8. The Hall–Kier alpha value is -1.51. The third-order valence-corrected chi connectivity index (χ3v) is 2.73. The Bertz CT molecular complexity index is 388. The van der Waals surface area contributed by atoms with Gasteiger partial charge in [-0.05, 0) is 26.3 Å². The van der Waals surface area contributed by atoms with E-state index in [2.05, 4.69) is 6.58 Å². The maximum absolute atomic E-state index is 11.5. The van der Waals surface area contributed by atoms with Crippen molar-refractivity contribution >= 4 is 5.97 Å². The molecule has 2 atom stereocenters. The average Bonchev–Trinajstić information content (AvgIpc) is 2.19. The molecule has 0 spiro atoms. The van der Waals surface area contributed by atoms with E-state index in [0.29, 0.717) is 5.57 Å². The molecule has 0 unspecified atom stereocenters. The van der Waals surface area contributed by atoms with Crippen LogP contribution >= 0.6 is 0 Å². The maximum Gasteiger partial charge on any atom is 0.337 e. The lowest BCUT2D eigenvalue weighted by Crippen LogP contribution is -2.34. The molecule has 0 saturated heterocycles. The van der Waals surface area contributed by atoms with Crippen molar-refractivity contribution in [1.29, 1.82) is 0 Å². The summed E-state index contributed by atoms with van der Waals surface area (Å²) < 4.78 is 5.28. The molecule has 0 amide bonds. The average molecular weight is 222 g/mol. The van der Waals surface area contributed by atoms with Gasteiger partial charge in [0.1, 0.15) is 11.9 Å². The molecule has 0 fully saturated rings. The summed E-state index contributed by atoms with van der Waals surface area (Å²) in [6.07, 6.45) is 1.47. The number of hydrogen-bond acceptors (Lipinski definition) is 3. The largest absolute Gasteiger partial charge is 0.511 e. The first-order chi connectivity index (χ1) is 7.34. The zero-order valence-corrected chi connectivity index (χ0v) is 10.2. The van der Waals surface area contributed by atoms with Crippen LogP contribution in [-0.4, -0.2) is 17.2 Å². The molecule has 0 aromatic carbocycles. The number of esters is 1. The van der Waals surface area contributed by atoms with Crippen molar-refractivity contribution in [3.8, 4) is 0 Å². The summed E-state index contributed by atoms with van der Waals surface area (Å²) in [5.74, 6) is -0.529. The zero-order chi connectivity index (χ0) is 12.5. The van der Waals surface area contributed by atoms with E-state index in [-0.39, 0.29) is 11.7 Å². The molecule has 1 N–H and O–H groups in total. The minimum absolute atomic E-state index is 0.121. The fourth-order valence-corrected chi connectivity index (χ4v) is 1.85. The lowest BCUT2D eigenvalue weighted by Gasteiger charge is -2.29. The molecule has 0 aliphatic carbocycles. The maximum atomic E-state index is 11.5. The number of aliphatic hydroxyl groups is 1. The van der Waals surface area contributed by atoms with Gasteiger partial charge in [-0.3, -0.25) is 0 Å². The summed E-state index contributed by atoms with van der Waals surface area (Å²) in [5.41, 5.74) is 2.09. The molecule has 0 aromatic rings. The van der Waals surface area contributed by atoms with Crippen LogP contribution in [0.4, 0.5) is 0 Å². The summed E-state index contributed by atoms with van der Waals surface area (Å²) in [7, 11) is 0. The number of rotatable bonds is 2. The predicted molar refractivity (Wildman–Crippen MR) is 62.9 cm³/mol. The Labute approximate surface area is 96.1 Å². The standard InChI is InChI=1S/C13H18O3/c1-7(2)6-8(3)12-9(4)11(14)10(5)13(15)16-12/h6,9,12,14H,1H2,2-5H3/b8-6+/t9-,12+/m0/s1. The van der Waals surface area contributed by atoms with Gasteiger partial charge in [0.2, 0.25) is 0 Å². The van der Waals surface area contributed by atoms with Crippen LogP contribution in [0.2, 0.25) is 0 Å². The number of cyclic esters (lactones) is 1. The molecule has 1 aliphatic heterocycles. The first-order valence-electron chi connectivity index (χ1n) is 5.29. The second-order valence-corrected chi connectivity index (χ2v) is 4.36. The highest BCUT2D eigenvalue weighted by Gasteiger charge is 2.33. The topological polar surface area (TPSA) is 46.5 Å². The number of hydrogen-bond donors (Lipinski definition) is 1. The van der Waals surface area contributed by atoms with Gasteiger partial charge in [0.25, 0.3) is 0 Å². The fraction of sp³-hybridized carbons (Fsp3) is 0.462. The van der Waals surface area contributed by atoms with E-state index in [9.17, 15) is 9.90 Å². The third-order valence-electron chi connectivity index (χ3n) is 2.73. The molecule has 3 nitrogen and oxygen atoms in total. The molecule has 0 saturated carbocycles. The monoisotopic (exact) mass is 222 g/mol. The molecular formula is C13H18O3. The molecule has 88 valence electrons. The summed E-state index contributed by atoms with van der Waals surface area (Å²) >= 11 is 0. The Morgan fingerprint density at radius 3 is 2.56 bits per heavy atom. The number of ether oxygens (including phenoxy) is 1. The molecular weight excluding hydrogens is 204 g/mol. The van der Waals surface area contributed by atoms with Crippen molar-refractivity contribution in [3.63, 3.8) is 0 Å². The Morgan fingerprint density at radius 1 is 1.50 bits per heavy atom. The highest BCUT2D eigenvalue weighted by molar-refractivity contribution is 5.89. The van der Waals surface area contributed by atoms with Gasteiger partial charge in [0.05, 0.1) is 11.5 Å². The summed E-state index contributed by atoms with van der Waals surface area (Å²) in [4.78, 5) is 11.5. The number of carbonyl (C=O) groups excluding carboxylic acids is 1. The van der Waals surface area contributed by atoms with Crippen molar-refractivity contribution < 1.29 is 14.6 Å². The molecule has 1 aliphatic rings. The smallest absolute Gasteiger partial charge is 0.337 e. The van der Waals surface area contributed by atoms with E-state index in [4.69, 9.17) is 4.74 Å². The van der Waals surface area contributed by atoms with Crippen LogP contribution in [0.1, 0.15) is 27.7 Å². The van der Waals surface area contributed by atoms with Crippen LogP contribution in [0.5, 0.6) is 0 Å². The van der Waals surface area contributed by atoms with Gasteiger partial charge < -0.3 is 9.84 Å². The van der Waals surface area contributed by atoms with E-state index >= 15 is 0 Å². The first kappa shape index (κ1) is 12.6. The summed E-state index contributed by atoms with van der Waals surface area (Å²) in [6, 6.07) is 0. The molecule has 1 heterocycles. The molecule has 1 rings (SSSR count). The Morgan fingerprint density at radius 2 is 2.06 bits per heavy atom. The minimum Gasteiger partial charge on any atom is -0.511 e. The summed E-state index contributed by atoms with van der Waals surface area (Å²) in [6.45, 7) is 10.9. The van der Waals surface area contributed by atoms with Crippen molar-refractivity contribution in [3.05, 3.63) is 35.1 Å². The molecule has 16 heavy (non-hydrogen) atoms. The highest BCUT2D eigenvalue weighted by atomic mass is 16.5.